The van der Waals surface area contributed by atoms with Gasteiger partial charge in [0.25, 0.3) is 0 Å². The smallest absolute Gasteiger partial charge is 0.462 e. The minimum atomic E-state index is -4.94. The monoisotopic (exact) mass is 390 g/mol. The Kier molecular flexibility index (Phi) is 5.35. The molecular formula is C10H10F3IN2O3. The highest BCUT2D eigenvalue weighted by molar-refractivity contribution is 14.1. The number of nitrogens with zero attached hydrogens (tertiary/aromatic N) is 1. The Hall–Kier alpha value is -1.10. The highest BCUT2D eigenvalue weighted by Crippen LogP contribution is 2.30. The molecule has 19 heavy (non-hydrogen) atoms. The fourth-order valence-electron chi connectivity index (χ4n) is 1.28. The summed E-state index contributed by atoms with van der Waals surface area (Å²) in [5.74, 6) is -1.63. The predicted octanol–water partition coefficient (Wildman–Crippen LogP) is 2.22. The number of halogens is 4. The molecule has 0 aromatic carbocycles. The Morgan fingerprint density at radius 2 is 2.16 bits per heavy atom. The van der Waals surface area contributed by atoms with Gasteiger partial charge in [0.15, 0.2) is 5.75 Å². The third-order valence-electron chi connectivity index (χ3n) is 1.92. The second kappa shape index (κ2) is 6.37. The molecule has 0 fully saturated rings. The lowest BCUT2D eigenvalue weighted by atomic mass is 10.2. The third kappa shape index (κ3) is 4.49. The summed E-state index contributed by atoms with van der Waals surface area (Å²) in [7, 11) is 0. The Bertz CT molecular complexity index is 480. The number of alkyl halides is 3. The normalized spacial score (nSPS) is 11.3. The van der Waals surface area contributed by atoms with Crippen molar-refractivity contribution in [3.8, 4) is 5.75 Å². The van der Waals surface area contributed by atoms with Crippen LogP contribution in [0.2, 0.25) is 0 Å². The van der Waals surface area contributed by atoms with Gasteiger partial charge >= 0.3 is 12.3 Å². The first-order chi connectivity index (χ1) is 8.78. The molecule has 106 valence electrons. The van der Waals surface area contributed by atoms with Gasteiger partial charge < -0.3 is 15.2 Å². The molecule has 0 radical (unpaired) electrons. The number of nitrogens with two attached hydrogens (primary N) is 1. The van der Waals surface area contributed by atoms with Gasteiger partial charge in [0.05, 0.1) is 12.3 Å². The molecule has 0 aliphatic rings. The zero-order chi connectivity index (χ0) is 14.6. The molecule has 0 saturated carbocycles. The predicted molar refractivity (Wildman–Crippen MR) is 67.5 cm³/mol. The van der Waals surface area contributed by atoms with Crippen LogP contribution in [0.4, 0.5) is 13.2 Å². The van der Waals surface area contributed by atoms with E-state index in [1.54, 1.807) is 22.6 Å². The van der Waals surface area contributed by atoms with Crippen molar-refractivity contribution in [2.75, 3.05) is 6.61 Å². The molecular weight excluding hydrogens is 380 g/mol. The molecule has 2 N–H and O–H groups in total. The Morgan fingerprint density at radius 1 is 1.53 bits per heavy atom. The summed E-state index contributed by atoms with van der Waals surface area (Å²) in [6.07, 6.45) is -4.94. The Labute approximate surface area is 120 Å². The van der Waals surface area contributed by atoms with Crippen LogP contribution in [-0.2, 0) is 11.3 Å². The van der Waals surface area contributed by atoms with Crippen molar-refractivity contribution in [2.45, 2.75) is 19.8 Å². The summed E-state index contributed by atoms with van der Waals surface area (Å²) in [5.41, 5.74) is 4.81. The quantitative estimate of drug-likeness (QED) is 0.485. The first-order valence-corrected chi connectivity index (χ1v) is 6.18. The Morgan fingerprint density at radius 3 is 2.63 bits per heavy atom. The molecule has 0 aliphatic heterocycles. The number of aromatic nitrogens is 1. The second-order valence-electron chi connectivity index (χ2n) is 3.24. The summed E-state index contributed by atoms with van der Waals surface area (Å²) in [4.78, 5) is 15.4. The van der Waals surface area contributed by atoms with Gasteiger partial charge in [-0.25, -0.2) is 9.78 Å². The summed E-state index contributed by atoms with van der Waals surface area (Å²) < 4.78 is 45.9. The van der Waals surface area contributed by atoms with Crippen molar-refractivity contribution in [1.82, 2.24) is 4.98 Å². The van der Waals surface area contributed by atoms with Gasteiger partial charge in [-0.3, -0.25) is 0 Å². The maximum Gasteiger partial charge on any atom is 0.573 e. The SMILES string of the molecule is CCOC(=O)c1cc(I)nc(CN)c1OC(F)(F)F. The van der Waals surface area contributed by atoms with E-state index >= 15 is 0 Å². The zero-order valence-electron chi connectivity index (χ0n) is 9.75. The molecule has 0 atom stereocenters. The summed E-state index contributed by atoms with van der Waals surface area (Å²) in [6, 6.07) is 1.15. The lowest BCUT2D eigenvalue weighted by molar-refractivity contribution is -0.275. The van der Waals surface area contributed by atoms with E-state index in [9.17, 15) is 18.0 Å². The van der Waals surface area contributed by atoms with Crippen LogP contribution in [0, 0.1) is 3.70 Å². The van der Waals surface area contributed by atoms with E-state index in [0.29, 0.717) is 3.70 Å². The van der Waals surface area contributed by atoms with Gasteiger partial charge in [-0.15, -0.1) is 13.2 Å². The molecule has 0 saturated heterocycles. The molecule has 9 heteroatoms. The van der Waals surface area contributed by atoms with Crippen LogP contribution in [0.15, 0.2) is 6.07 Å². The maximum atomic E-state index is 12.3. The van der Waals surface area contributed by atoms with E-state index in [2.05, 4.69) is 14.5 Å². The van der Waals surface area contributed by atoms with Crippen molar-refractivity contribution >= 4 is 28.6 Å². The molecule has 0 bridgehead atoms. The first-order valence-electron chi connectivity index (χ1n) is 5.10. The van der Waals surface area contributed by atoms with E-state index < -0.39 is 18.1 Å². The van der Waals surface area contributed by atoms with E-state index in [-0.39, 0.29) is 24.4 Å². The number of hydrogen-bond acceptors (Lipinski definition) is 5. The zero-order valence-corrected chi connectivity index (χ0v) is 11.9. The molecule has 1 aromatic heterocycles. The minimum Gasteiger partial charge on any atom is -0.462 e. The van der Waals surface area contributed by atoms with E-state index in [0.717, 1.165) is 6.07 Å². The van der Waals surface area contributed by atoms with E-state index in [1.165, 1.54) is 6.92 Å². The molecule has 0 aliphatic carbocycles. The van der Waals surface area contributed by atoms with Gasteiger partial charge in [-0.1, -0.05) is 0 Å². The van der Waals surface area contributed by atoms with Crippen LogP contribution >= 0.6 is 22.6 Å². The van der Waals surface area contributed by atoms with Crippen molar-refractivity contribution in [1.29, 1.82) is 0 Å². The number of pyridine rings is 1. The van der Waals surface area contributed by atoms with Crippen LogP contribution in [-0.4, -0.2) is 23.9 Å². The van der Waals surface area contributed by atoms with E-state index in [4.69, 9.17) is 5.73 Å². The maximum absolute atomic E-state index is 12.3. The topological polar surface area (TPSA) is 74.4 Å². The average molecular weight is 390 g/mol. The van der Waals surface area contributed by atoms with Gasteiger partial charge in [0.2, 0.25) is 0 Å². The first kappa shape index (κ1) is 16.0. The number of rotatable bonds is 4. The van der Waals surface area contributed by atoms with Crippen molar-refractivity contribution in [3.05, 3.63) is 21.0 Å². The number of esters is 1. The lowest BCUT2D eigenvalue weighted by Crippen LogP contribution is -2.22. The molecule has 0 spiro atoms. The fourth-order valence-corrected chi connectivity index (χ4v) is 1.88. The lowest BCUT2D eigenvalue weighted by Gasteiger charge is -2.15. The molecule has 5 nitrogen and oxygen atoms in total. The standard InChI is InChI=1S/C10H10F3IN2O3/c1-2-18-9(17)5-3-7(14)16-6(4-15)8(5)19-10(11,12)13/h3H,2,4,15H2,1H3. The molecule has 1 rings (SSSR count). The van der Waals surface area contributed by atoms with Gasteiger partial charge in [0, 0.05) is 6.54 Å². The second-order valence-corrected chi connectivity index (χ2v) is 4.35. The van der Waals surface area contributed by atoms with Crippen LogP contribution in [0.1, 0.15) is 23.0 Å². The van der Waals surface area contributed by atoms with E-state index in [1.807, 2.05) is 0 Å². The molecule has 1 heterocycles. The average Bonchev–Trinajstić information content (AvgIpc) is 2.29. The summed E-state index contributed by atoms with van der Waals surface area (Å²) in [6.45, 7) is 1.27. The molecule has 0 amide bonds. The van der Waals surface area contributed by atoms with Crippen LogP contribution in [0.3, 0.4) is 0 Å². The van der Waals surface area contributed by atoms with Crippen molar-refractivity contribution < 1.29 is 27.4 Å². The molecule has 1 aromatic rings. The highest BCUT2D eigenvalue weighted by Gasteiger charge is 2.35. The van der Waals surface area contributed by atoms with Crippen molar-refractivity contribution in [3.63, 3.8) is 0 Å². The van der Waals surface area contributed by atoms with Crippen molar-refractivity contribution in [2.24, 2.45) is 5.73 Å². The Balaban J connectivity index is 3.33. The number of ether oxygens (including phenoxy) is 2. The number of carbonyl (C=O) groups is 1. The van der Waals surface area contributed by atoms with Crippen LogP contribution in [0.25, 0.3) is 0 Å². The number of hydrogen-bond donors (Lipinski definition) is 1. The minimum absolute atomic E-state index is 0.0289. The van der Waals surface area contributed by atoms with Gasteiger partial charge in [0.1, 0.15) is 9.26 Å². The van der Waals surface area contributed by atoms with Gasteiger partial charge in [-0.05, 0) is 35.6 Å². The molecule has 0 unspecified atom stereocenters. The summed E-state index contributed by atoms with van der Waals surface area (Å²) in [5, 5.41) is 0. The summed E-state index contributed by atoms with van der Waals surface area (Å²) >= 11 is 1.76. The number of carbonyl (C=O) groups excluding carboxylic acids is 1. The third-order valence-corrected chi connectivity index (χ3v) is 2.47. The van der Waals surface area contributed by atoms with Crippen LogP contribution < -0.4 is 10.5 Å². The highest BCUT2D eigenvalue weighted by atomic mass is 127. The van der Waals surface area contributed by atoms with Gasteiger partial charge in [-0.2, -0.15) is 0 Å². The largest absolute Gasteiger partial charge is 0.573 e. The van der Waals surface area contributed by atoms with Crippen LogP contribution in [0.5, 0.6) is 5.75 Å². The fraction of sp³-hybridized carbons (Fsp3) is 0.400.